The van der Waals surface area contributed by atoms with Crippen molar-refractivity contribution in [1.82, 2.24) is 4.57 Å². The fraction of sp³-hybridized carbons (Fsp3) is 0.207. The summed E-state index contributed by atoms with van der Waals surface area (Å²) in [5, 5.41) is 2.40. The normalized spacial score (nSPS) is 19.5. The summed E-state index contributed by atoms with van der Waals surface area (Å²) in [6.45, 7) is 1.66. The topological polar surface area (TPSA) is 128 Å². The van der Waals surface area contributed by atoms with Crippen LogP contribution in [-0.4, -0.2) is 40.1 Å². The third-order valence-corrected chi connectivity index (χ3v) is 9.50. The maximum Gasteiger partial charge on any atom is 0.338 e. The number of carbonyl (C=O) groups is 4. The molecule has 2 aliphatic rings. The summed E-state index contributed by atoms with van der Waals surface area (Å²) in [5.41, 5.74) is 1.27. The van der Waals surface area contributed by atoms with Gasteiger partial charge >= 0.3 is 10.8 Å². The van der Waals surface area contributed by atoms with Gasteiger partial charge in [0.2, 0.25) is 17.7 Å². The molecule has 3 unspecified atom stereocenters. The number of amides is 3. The third kappa shape index (κ3) is 4.78. The second-order valence-corrected chi connectivity index (χ2v) is 11.5. The van der Waals surface area contributed by atoms with Crippen LogP contribution in [0.2, 0.25) is 0 Å². The number of para-hydroxylation sites is 1. The molecule has 0 bridgehead atoms. The van der Waals surface area contributed by atoms with Crippen LogP contribution in [0, 0.1) is 5.92 Å². The molecule has 0 saturated carbocycles. The van der Waals surface area contributed by atoms with E-state index in [2.05, 4.69) is 5.32 Å². The zero-order chi connectivity index (χ0) is 28.7. The molecule has 0 radical (unpaired) electrons. The zero-order valence-corrected chi connectivity index (χ0v) is 23.3. The molecule has 1 N–H and O–H groups in total. The average molecular weight is 590 g/mol. The Morgan fingerprint density at radius 1 is 0.976 bits per heavy atom. The lowest BCUT2D eigenvalue weighted by molar-refractivity contribution is -0.122. The van der Waals surface area contributed by atoms with Gasteiger partial charge in [-0.1, -0.05) is 41.3 Å². The number of anilines is 2. The summed E-state index contributed by atoms with van der Waals surface area (Å²) in [6.07, 6.45) is 1.49. The zero-order valence-electron chi connectivity index (χ0n) is 21.6. The number of hydrogen-bond donors (Lipinski definition) is 1. The Morgan fingerprint density at radius 3 is 2.41 bits per heavy atom. The van der Waals surface area contributed by atoms with Gasteiger partial charge < -0.3 is 14.5 Å². The first-order valence-corrected chi connectivity index (χ1v) is 14.5. The number of nitrogens with one attached hydrogen (secondary N) is 1. The van der Waals surface area contributed by atoms with Gasteiger partial charge in [0.05, 0.1) is 45.9 Å². The monoisotopic (exact) mass is 589 g/mol. The van der Waals surface area contributed by atoms with Gasteiger partial charge in [-0.05, 0) is 55.5 Å². The number of benzene rings is 2. The summed E-state index contributed by atoms with van der Waals surface area (Å²) < 4.78 is 12.0. The summed E-state index contributed by atoms with van der Waals surface area (Å²) >= 11 is 2.08. The lowest BCUT2D eigenvalue weighted by Crippen LogP contribution is -2.32. The first-order chi connectivity index (χ1) is 19.9. The number of carbonyl (C=O) groups excluding carboxylic acids is 4. The Labute approximate surface area is 241 Å². The summed E-state index contributed by atoms with van der Waals surface area (Å²) in [4.78, 5) is 66.8. The SMILES string of the molecule is CCOC(=O)c1ccc(NC(=O)Cn2c3c(sc2=O)C(c2ccco2)C2C(=O)N(c4ccccc4)C(=O)C2S3)cc1. The molecule has 3 amide bonds. The van der Waals surface area contributed by atoms with Crippen molar-refractivity contribution >= 4 is 58.2 Å². The fourth-order valence-corrected chi connectivity index (χ4v) is 7.86. The van der Waals surface area contributed by atoms with Crippen molar-refractivity contribution < 1.29 is 28.3 Å². The maximum atomic E-state index is 13.7. The van der Waals surface area contributed by atoms with E-state index in [1.54, 1.807) is 61.5 Å². The van der Waals surface area contributed by atoms with Crippen molar-refractivity contribution in [3.63, 3.8) is 0 Å². The number of thioether (sulfide) groups is 1. The first kappa shape index (κ1) is 26.8. The second-order valence-electron chi connectivity index (χ2n) is 9.37. The molecule has 2 aromatic carbocycles. The van der Waals surface area contributed by atoms with Crippen LogP contribution in [0.4, 0.5) is 11.4 Å². The van der Waals surface area contributed by atoms with Crippen LogP contribution in [0.3, 0.4) is 0 Å². The van der Waals surface area contributed by atoms with E-state index in [9.17, 15) is 24.0 Å². The van der Waals surface area contributed by atoms with Gasteiger partial charge in [0.15, 0.2) is 0 Å². The molecule has 12 heteroatoms. The molecule has 2 aromatic heterocycles. The minimum atomic E-state index is -0.802. The van der Waals surface area contributed by atoms with E-state index >= 15 is 0 Å². The van der Waals surface area contributed by atoms with Gasteiger partial charge in [0.25, 0.3) is 0 Å². The molecule has 6 rings (SSSR count). The Morgan fingerprint density at radius 2 is 1.73 bits per heavy atom. The van der Waals surface area contributed by atoms with Crippen molar-refractivity contribution in [3.05, 3.63) is 98.9 Å². The van der Waals surface area contributed by atoms with Crippen LogP contribution in [0.15, 0.2) is 87.2 Å². The number of rotatable bonds is 7. The Hall–Kier alpha value is -4.42. The molecule has 41 heavy (non-hydrogen) atoms. The number of furan rings is 1. The number of fused-ring (bicyclic) bond motifs is 2. The highest BCUT2D eigenvalue weighted by Gasteiger charge is 2.57. The highest BCUT2D eigenvalue weighted by atomic mass is 32.2. The number of imide groups is 1. The van der Waals surface area contributed by atoms with Crippen molar-refractivity contribution in [1.29, 1.82) is 0 Å². The largest absolute Gasteiger partial charge is 0.469 e. The van der Waals surface area contributed by atoms with Crippen LogP contribution >= 0.6 is 23.1 Å². The molecule has 0 spiro atoms. The minimum absolute atomic E-state index is 0.251. The van der Waals surface area contributed by atoms with Crippen molar-refractivity contribution in [2.24, 2.45) is 5.92 Å². The molecular formula is C29H23N3O7S2. The van der Waals surface area contributed by atoms with Gasteiger partial charge in [-0.3, -0.25) is 23.7 Å². The predicted molar refractivity (Wildman–Crippen MR) is 152 cm³/mol. The van der Waals surface area contributed by atoms with Crippen molar-refractivity contribution in [3.8, 4) is 0 Å². The quantitative estimate of drug-likeness (QED) is 0.252. The fourth-order valence-electron chi connectivity index (χ4n) is 5.11. The highest BCUT2D eigenvalue weighted by molar-refractivity contribution is 8.00. The molecule has 1 saturated heterocycles. The van der Waals surface area contributed by atoms with E-state index in [1.807, 2.05) is 0 Å². The van der Waals surface area contributed by atoms with Crippen LogP contribution in [0.25, 0.3) is 0 Å². The maximum absolute atomic E-state index is 13.7. The second kappa shape index (κ2) is 10.9. The van der Waals surface area contributed by atoms with Crippen molar-refractivity contribution in [2.75, 3.05) is 16.8 Å². The first-order valence-electron chi connectivity index (χ1n) is 12.8. The summed E-state index contributed by atoms with van der Waals surface area (Å²) in [5.74, 6) is -2.63. The molecular weight excluding hydrogens is 566 g/mol. The third-order valence-electron chi connectivity index (χ3n) is 6.89. The van der Waals surface area contributed by atoms with Gasteiger partial charge in [0, 0.05) is 5.69 Å². The molecule has 2 aliphatic heterocycles. The molecule has 208 valence electrons. The molecule has 4 aromatic rings. The van der Waals surface area contributed by atoms with E-state index in [0.717, 1.165) is 23.1 Å². The van der Waals surface area contributed by atoms with E-state index in [4.69, 9.17) is 9.15 Å². The van der Waals surface area contributed by atoms with E-state index in [-0.39, 0.29) is 29.8 Å². The smallest absolute Gasteiger partial charge is 0.338 e. The van der Waals surface area contributed by atoms with Gasteiger partial charge in [-0.15, -0.1) is 0 Å². The standard InChI is InChI=1S/C29H23N3O7S2/c1-2-38-28(36)16-10-12-17(13-11-16)30-20(33)15-31-27-24(41-29(31)37)21(19-9-6-14-39-19)22-23(40-27)26(35)32(25(22)34)18-7-4-3-5-8-18/h3-14,21-23H,2,15H2,1H3,(H,30,33). The molecule has 1 fully saturated rings. The molecule has 4 heterocycles. The predicted octanol–water partition coefficient (Wildman–Crippen LogP) is 4.11. The lowest BCUT2D eigenvalue weighted by atomic mass is 9.87. The van der Waals surface area contributed by atoms with Crippen LogP contribution in [0.1, 0.15) is 33.8 Å². The molecule has 0 aliphatic carbocycles. The van der Waals surface area contributed by atoms with Crippen LogP contribution < -0.4 is 15.1 Å². The average Bonchev–Trinajstić information content (AvgIpc) is 3.67. The molecule has 10 nitrogen and oxygen atoms in total. The van der Waals surface area contributed by atoms with Gasteiger partial charge in [-0.25, -0.2) is 9.69 Å². The van der Waals surface area contributed by atoms with Gasteiger partial charge in [0.1, 0.15) is 17.6 Å². The number of hydrogen-bond acceptors (Lipinski definition) is 9. The number of aromatic nitrogens is 1. The van der Waals surface area contributed by atoms with Gasteiger partial charge in [-0.2, -0.15) is 0 Å². The van der Waals surface area contributed by atoms with Crippen LogP contribution in [0.5, 0.6) is 0 Å². The number of thiazole rings is 1. The highest BCUT2D eigenvalue weighted by Crippen LogP contribution is 2.53. The number of nitrogens with zero attached hydrogens (tertiary/aromatic N) is 2. The van der Waals surface area contributed by atoms with Crippen molar-refractivity contribution in [2.45, 2.75) is 29.7 Å². The van der Waals surface area contributed by atoms with E-state index in [1.165, 1.54) is 27.9 Å². The number of ether oxygens (including phenoxy) is 1. The number of esters is 1. The molecule has 3 atom stereocenters. The van der Waals surface area contributed by atoms with E-state index < -0.39 is 29.0 Å². The minimum Gasteiger partial charge on any atom is -0.469 e. The Bertz CT molecular complexity index is 1690. The summed E-state index contributed by atoms with van der Waals surface area (Å²) in [7, 11) is 0. The van der Waals surface area contributed by atoms with E-state index in [0.29, 0.717) is 32.6 Å². The van der Waals surface area contributed by atoms with Crippen LogP contribution in [-0.2, 0) is 25.7 Å². The Balaban J connectivity index is 1.30. The Kier molecular flexibility index (Phi) is 7.10. The summed E-state index contributed by atoms with van der Waals surface area (Å²) in [6, 6.07) is 18.4. The lowest BCUT2D eigenvalue weighted by Gasteiger charge is -2.29.